The first-order valence-electron chi connectivity index (χ1n) is 16.9. The van der Waals surface area contributed by atoms with Gasteiger partial charge in [0.25, 0.3) is 5.82 Å². The van der Waals surface area contributed by atoms with Gasteiger partial charge in [-0.25, -0.2) is 9.13 Å². The lowest BCUT2D eigenvalue weighted by atomic mass is 9.96. The van der Waals surface area contributed by atoms with Crippen LogP contribution in [0.3, 0.4) is 0 Å². The molecule has 40 heavy (non-hydrogen) atoms. The number of rotatable bonds is 22. The average Bonchev–Trinajstić information content (AvgIpc) is 3.29. The minimum Gasteiger partial charge on any atom is -0.234 e. The fourth-order valence-electron chi connectivity index (χ4n) is 6.11. The van der Waals surface area contributed by atoms with Crippen LogP contribution in [0, 0.1) is 0 Å². The van der Waals surface area contributed by atoms with E-state index in [0.29, 0.717) is 5.92 Å². The smallest absolute Gasteiger partial charge is 0.234 e. The van der Waals surface area contributed by atoms with E-state index in [1.807, 2.05) is 0 Å². The van der Waals surface area contributed by atoms with Crippen LogP contribution in [0.1, 0.15) is 146 Å². The largest absolute Gasteiger partial charge is 0.261 e. The molecule has 0 aliphatic carbocycles. The SMILES string of the molecule is CCCCCCCCCC[n+]1cc(CC(C)c2ccccc2)n(CCCCCCCCC)c1Cc1ccccc1. The Kier molecular flexibility index (Phi) is 15.8. The monoisotopic (exact) mass is 543 g/mol. The van der Waals surface area contributed by atoms with Crippen LogP contribution in [0.25, 0.3) is 0 Å². The van der Waals surface area contributed by atoms with E-state index in [0.717, 1.165) is 25.9 Å². The zero-order valence-electron chi connectivity index (χ0n) is 26.3. The Labute approximate surface area is 247 Å². The molecule has 3 aromatic rings. The second-order valence-electron chi connectivity index (χ2n) is 12.2. The van der Waals surface area contributed by atoms with Crippen LogP contribution in [-0.2, 0) is 25.9 Å². The van der Waals surface area contributed by atoms with Gasteiger partial charge in [-0.15, -0.1) is 0 Å². The van der Waals surface area contributed by atoms with Crippen LogP contribution >= 0.6 is 0 Å². The highest BCUT2D eigenvalue weighted by Crippen LogP contribution is 2.22. The van der Waals surface area contributed by atoms with E-state index in [9.17, 15) is 0 Å². The summed E-state index contributed by atoms with van der Waals surface area (Å²) in [5.41, 5.74) is 4.40. The van der Waals surface area contributed by atoms with Crippen molar-refractivity contribution in [2.75, 3.05) is 0 Å². The molecular formula is C38H59N2+. The van der Waals surface area contributed by atoms with E-state index < -0.39 is 0 Å². The third-order valence-corrected chi connectivity index (χ3v) is 8.62. The van der Waals surface area contributed by atoms with Gasteiger partial charge in [-0.1, -0.05) is 152 Å². The zero-order chi connectivity index (χ0) is 28.3. The molecule has 0 aliphatic heterocycles. The van der Waals surface area contributed by atoms with Crippen LogP contribution in [0.2, 0.25) is 0 Å². The van der Waals surface area contributed by atoms with E-state index >= 15 is 0 Å². The molecule has 0 aliphatic rings. The van der Waals surface area contributed by atoms with Crippen LogP contribution in [0.4, 0.5) is 0 Å². The Bertz CT molecular complexity index is 1020. The second-order valence-corrected chi connectivity index (χ2v) is 12.2. The number of hydrogen-bond acceptors (Lipinski definition) is 0. The molecular weight excluding hydrogens is 484 g/mol. The summed E-state index contributed by atoms with van der Waals surface area (Å²) in [7, 11) is 0. The molecule has 1 atom stereocenters. The normalized spacial score (nSPS) is 12.2. The average molecular weight is 544 g/mol. The minimum absolute atomic E-state index is 0.519. The third kappa shape index (κ3) is 11.6. The lowest BCUT2D eigenvalue weighted by molar-refractivity contribution is -0.704. The highest BCUT2D eigenvalue weighted by molar-refractivity contribution is 5.22. The summed E-state index contributed by atoms with van der Waals surface area (Å²) in [5.74, 6) is 2.03. The van der Waals surface area contributed by atoms with Gasteiger partial charge >= 0.3 is 0 Å². The van der Waals surface area contributed by atoms with Crippen LogP contribution in [-0.4, -0.2) is 4.57 Å². The van der Waals surface area contributed by atoms with Gasteiger partial charge in [-0.05, 0) is 42.7 Å². The Morgan fingerprint density at radius 1 is 0.625 bits per heavy atom. The van der Waals surface area contributed by atoms with Crippen molar-refractivity contribution >= 4 is 0 Å². The van der Waals surface area contributed by atoms with Gasteiger partial charge in [0.2, 0.25) is 0 Å². The summed E-state index contributed by atoms with van der Waals surface area (Å²) in [6, 6.07) is 22.2. The topological polar surface area (TPSA) is 8.81 Å². The molecule has 2 nitrogen and oxygen atoms in total. The Balaban J connectivity index is 1.75. The Morgan fingerprint density at radius 2 is 1.15 bits per heavy atom. The Morgan fingerprint density at radius 3 is 1.75 bits per heavy atom. The number of imidazole rings is 1. The first-order chi connectivity index (χ1) is 19.7. The van der Waals surface area contributed by atoms with E-state index in [1.165, 1.54) is 119 Å². The maximum Gasteiger partial charge on any atom is 0.261 e. The lowest BCUT2D eigenvalue weighted by Crippen LogP contribution is -2.37. The molecule has 0 N–H and O–H groups in total. The van der Waals surface area contributed by atoms with Gasteiger partial charge in [0.15, 0.2) is 0 Å². The first-order valence-corrected chi connectivity index (χ1v) is 16.9. The number of benzene rings is 2. The molecule has 0 saturated carbocycles. The molecule has 0 bridgehead atoms. The number of unbranched alkanes of at least 4 members (excludes halogenated alkanes) is 13. The van der Waals surface area contributed by atoms with Gasteiger partial charge in [0.1, 0.15) is 11.9 Å². The molecule has 0 amide bonds. The van der Waals surface area contributed by atoms with Crippen molar-refractivity contribution in [3.63, 3.8) is 0 Å². The molecule has 2 heteroatoms. The summed E-state index contributed by atoms with van der Waals surface area (Å²) < 4.78 is 5.36. The van der Waals surface area contributed by atoms with Crippen molar-refractivity contribution in [3.8, 4) is 0 Å². The number of hydrogen-bond donors (Lipinski definition) is 0. The molecule has 0 saturated heterocycles. The maximum atomic E-state index is 2.73. The predicted molar refractivity (Wildman–Crippen MR) is 173 cm³/mol. The van der Waals surface area contributed by atoms with Crippen molar-refractivity contribution in [3.05, 3.63) is 89.5 Å². The lowest BCUT2D eigenvalue weighted by Gasteiger charge is -2.12. The van der Waals surface area contributed by atoms with Gasteiger partial charge in [-0.2, -0.15) is 0 Å². The number of nitrogens with zero attached hydrogens (tertiary/aromatic N) is 2. The summed E-state index contributed by atoms with van der Waals surface area (Å²) in [6.45, 7) is 9.31. The van der Waals surface area contributed by atoms with E-state index in [1.54, 1.807) is 0 Å². The molecule has 0 fully saturated rings. The zero-order valence-corrected chi connectivity index (χ0v) is 26.3. The fraction of sp³-hybridized carbons (Fsp3) is 0.605. The molecule has 1 unspecified atom stereocenters. The first kappa shape index (κ1) is 32.2. The van der Waals surface area contributed by atoms with Crippen molar-refractivity contribution < 1.29 is 4.57 Å². The van der Waals surface area contributed by atoms with Gasteiger partial charge in [-0.3, -0.25) is 0 Å². The number of aromatic nitrogens is 2. The Hall–Kier alpha value is -2.35. The maximum absolute atomic E-state index is 2.73. The van der Waals surface area contributed by atoms with Crippen molar-refractivity contribution in [1.82, 2.24) is 4.57 Å². The number of aryl methyl sites for hydroxylation is 1. The van der Waals surface area contributed by atoms with Crippen molar-refractivity contribution in [2.45, 2.75) is 149 Å². The fourth-order valence-corrected chi connectivity index (χ4v) is 6.11. The summed E-state index contributed by atoms with van der Waals surface area (Å²) in [6.07, 6.45) is 25.2. The summed E-state index contributed by atoms with van der Waals surface area (Å²) in [4.78, 5) is 0. The molecule has 220 valence electrons. The second kappa shape index (κ2) is 19.7. The van der Waals surface area contributed by atoms with Crippen LogP contribution in [0.15, 0.2) is 66.9 Å². The molecule has 0 spiro atoms. The molecule has 0 radical (unpaired) electrons. The molecule has 3 rings (SSSR count). The highest BCUT2D eigenvalue weighted by Gasteiger charge is 2.25. The third-order valence-electron chi connectivity index (χ3n) is 8.62. The highest BCUT2D eigenvalue weighted by atomic mass is 15.2. The van der Waals surface area contributed by atoms with Gasteiger partial charge in [0, 0.05) is 6.42 Å². The van der Waals surface area contributed by atoms with Crippen molar-refractivity contribution in [2.24, 2.45) is 0 Å². The molecule has 2 aromatic carbocycles. The van der Waals surface area contributed by atoms with E-state index in [4.69, 9.17) is 0 Å². The summed E-state index contributed by atoms with van der Waals surface area (Å²) in [5, 5.41) is 0. The minimum atomic E-state index is 0.519. The quantitative estimate of drug-likeness (QED) is 0.0880. The van der Waals surface area contributed by atoms with Crippen molar-refractivity contribution in [1.29, 1.82) is 0 Å². The predicted octanol–water partition coefficient (Wildman–Crippen LogP) is 10.6. The van der Waals surface area contributed by atoms with E-state index in [-0.39, 0.29) is 0 Å². The molecule has 1 heterocycles. The van der Waals surface area contributed by atoms with Crippen LogP contribution < -0.4 is 4.57 Å². The van der Waals surface area contributed by atoms with Gasteiger partial charge < -0.3 is 0 Å². The van der Waals surface area contributed by atoms with Crippen LogP contribution in [0.5, 0.6) is 0 Å². The van der Waals surface area contributed by atoms with E-state index in [2.05, 4.69) is 96.8 Å². The van der Waals surface area contributed by atoms with Gasteiger partial charge in [0.05, 0.1) is 19.5 Å². The molecule has 1 aromatic heterocycles. The standard InChI is InChI=1S/C38H59N2/c1-4-6-8-10-12-14-15-23-29-39-33-37(31-34(3)36-27-21-18-22-28-36)40(30-24-16-13-11-9-7-5-2)38(39)32-35-25-19-17-20-26-35/h17-22,25-28,33-34H,4-16,23-24,29-32H2,1-3H3/q+1. The summed E-state index contributed by atoms with van der Waals surface area (Å²) >= 11 is 0.